The van der Waals surface area contributed by atoms with Crippen molar-refractivity contribution < 1.29 is 14.2 Å². The molecule has 0 amide bonds. The van der Waals surface area contributed by atoms with Gasteiger partial charge in [0, 0.05) is 17.9 Å². The minimum absolute atomic E-state index is 0.0394. The minimum Gasteiger partial charge on any atom is -0.488 e. The highest BCUT2D eigenvalue weighted by Gasteiger charge is 2.55. The number of ether oxygens (including phenoxy) is 1. The van der Waals surface area contributed by atoms with E-state index in [1.165, 1.54) is 25.0 Å². The average Bonchev–Trinajstić information content (AvgIpc) is 2.72. The normalized spacial score (nSPS) is 28.0. The van der Waals surface area contributed by atoms with E-state index in [4.69, 9.17) is 16.3 Å². The standard InChI is InChI=1S/C16H19BrClFO2/c17-10-7-11(18)12(19)8-13(10)21-15-9-14(20)16(15)5-3-1-2-4-6-16/h7-8,14-15,20H,1-6,9H2. The molecule has 1 aromatic rings. The van der Waals surface area contributed by atoms with Crippen LogP contribution in [0.1, 0.15) is 44.9 Å². The molecule has 2 aliphatic rings. The summed E-state index contributed by atoms with van der Waals surface area (Å²) < 4.78 is 20.3. The fraction of sp³-hybridized carbons (Fsp3) is 0.625. The minimum atomic E-state index is -0.482. The Kier molecular flexibility index (Phi) is 4.49. The van der Waals surface area contributed by atoms with Crippen molar-refractivity contribution in [1.29, 1.82) is 0 Å². The highest BCUT2D eigenvalue weighted by atomic mass is 79.9. The molecule has 0 bridgehead atoms. The van der Waals surface area contributed by atoms with E-state index >= 15 is 0 Å². The van der Waals surface area contributed by atoms with Crippen molar-refractivity contribution in [3.8, 4) is 5.75 Å². The van der Waals surface area contributed by atoms with Crippen molar-refractivity contribution in [3.63, 3.8) is 0 Å². The molecule has 1 spiro atoms. The Morgan fingerprint density at radius 3 is 2.52 bits per heavy atom. The van der Waals surface area contributed by atoms with E-state index in [0.717, 1.165) is 25.7 Å². The molecule has 2 aliphatic carbocycles. The summed E-state index contributed by atoms with van der Waals surface area (Å²) in [6.45, 7) is 0. The van der Waals surface area contributed by atoms with Crippen molar-refractivity contribution in [2.75, 3.05) is 0 Å². The maximum Gasteiger partial charge on any atom is 0.145 e. The highest BCUT2D eigenvalue weighted by molar-refractivity contribution is 9.10. The molecule has 2 fully saturated rings. The maximum atomic E-state index is 13.6. The van der Waals surface area contributed by atoms with Gasteiger partial charge in [-0.3, -0.25) is 0 Å². The van der Waals surface area contributed by atoms with Gasteiger partial charge in [0.2, 0.25) is 0 Å². The molecular weight excluding hydrogens is 359 g/mol. The van der Waals surface area contributed by atoms with Crippen LogP contribution < -0.4 is 4.74 Å². The molecule has 2 atom stereocenters. The number of hydrogen-bond donors (Lipinski definition) is 1. The van der Waals surface area contributed by atoms with Crippen LogP contribution in [0.5, 0.6) is 5.75 Å². The van der Waals surface area contributed by atoms with Crippen molar-refractivity contribution in [1.82, 2.24) is 0 Å². The lowest BCUT2D eigenvalue weighted by atomic mass is 9.59. The molecule has 21 heavy (non-hydrogen) atoms. The quantitative estimate of drug-likeness (QED) is 0.727. The molecular formula is C16H19BrClFO2. The van der Waals surface area contributed by atoms with Crippen molar-refractivity contribution in [3.05, 3.63) is 27.4 Å². The Morgan fingerprint density at radius 2 is 1.90 bits per heavy atom. The molecule has 0 aliphatic heterocycles. The fourth-order valence-corrected chi connectivity index (χ4v) is 4.41. The molecule has 2 nitrogen and oxygen atoms in total. The van der Waals surface area contributed by atoms with Gasteiger partial charge in [0.05, 0.1) is 15.6 Å². The van der Waals surface area contributed by atoms with Crippen LogP contribution in [0.3, 0.4) is 0 Å². The van der Waals surface area contributed by atoms with Crippen LogP contribution in [0, 0.1) is 11.2 Å². The second kappa shape index (κ2) is 6.05. The van der Waals surface area contributed by atoms with Gasteiger partial charge in [-0.1, -0.05) is 37.3 Å². The zero-order valence-corrected chi connectivity index (χ0v) is 14.1. The maximum absolute atomic E-state index is 13.6. The molecule has 0 aromatic heterocycles. The first-order valence-corrected chi connectivity index (χ1v) is 8.69. The topological polar surface area (TPSA) is 29.5 Å². The van der Waals surface area contributed by atoms with Gasteiger partial charge in [0.15, 0.2) is 0 Å². The molecule has 0 heterocycles. The Morgan fingerprint density at radius 1 is 1.24 bits per heavy atom. The molecule has 2 saturated carbocycles. The van der Waals surface area contributed by atoms with Crippen LogP contribution in [-0.2, 0) is 0 Å². The van der Waals surface area contributed by atoms with Crippen LogP contribution in [0.2, 0.25) is 5.02 Å². The lowest BCUT2D eigenvalue weighted by Gasteiger charge is -2.53. The van der Waals surface area contributed by atoms with Crippen LogP contribution in [0.25, 0.3) is 0 Å². The van der Waals surface area contributed by atoms with E-state index < -0.39 is 5.82 Å². The summed E-state index contributed by atoms with van der Waals surface area (Å²) in [4.78, 5) is 0. The van der Waals surface area contributed by atoms with E-state index in [1.54, 1.807) is 0 Å². The summed E-state index contributed by atoms with van der Waals surface area (Å²) in [7, 11) is 0. The molecule has 1 N–H and O–H groups in total. The zero-order valence-electron chi connectivity index (χ0n) is 11.7. The third-order valence-corrected chi connectivity index (χ3v) is 5.93. The van der Waals surface area contributed by atoms with Gasteiger partial charge < -0.3 is 9.84 Å². The average molecular weight is 378 g/mol. The fourth-order valence-electron chi connectivity index (χ4n) is 3.68. The van der Waals surface area contributed by atoms with E-state index in [2.05, 4.69) is 15.9 Å². The van der Waals surface area contributed by atoms with Gasteiger partial charge in [0.1, 0.15) is 17.7 Å². The molecule has 0 radical (unpaired) electrons. The van der Waals surface area contributed by atoms with Gasteiger partial charge in [-0.25, -0.2) is 4.39 Å². The van der Waals surface area contributed by atoms with Crippen LogP contribution in [0.4, 0.5) is 4.39 Å². The Bertz CT molecular complexity index is 529. The van der Waals surface area contributed by atoms with Gasteiger partial charge in [0.25, 0.3) is 0 Å². The lowest BCUT2D eigenvalue weighted by Crippen LogP contribution is -2.59. The summed E-state index contributed by atoms with van der Waals surface area (Å²) in [6.07, 6.45) is 6.98. The van der Waals surface area contributed by atoms with Crippen LogP contribution in [0.15, 0.2) is 16.6 Å². The summed E-state index contributed by atoms with van der Waals surface area (Å²) in [5.74, 6) is -0.0120. The first kappa shape index (κ1) is 15.6. The lowest BCUT2D eigenvalue weighted by molar-refractivity contribution is -0.163. The SMILES string of the molecule is OC1CC(Oc2cc(F)c(Cl)cc2Br)C12CCCCCC2. The third-order valence-electron chi connectivity index (χ3n) is 5.02. The number of aliphatic hydroxyl groups is 1. The Labute approximate surface area is 137 Å². The summed E-state index contributed by atoms with van der Waals surface area (Å²) in [5.41, 5.74) is -0.147. The molecule has 5 heteroatoms. The predicted octanol–water partition coefficient (Wildman–Crippen LogP) is 5.09. The monoisotopic (exact) mass is 376 g/mol. The van der Waals surface area contributed by atoms with Gasteiger partial charge in [-0.2, -0.15) is 0 Å². The smallest absolute Gasteiger partial charge is 0.145 e. The van der Waals surface area contributed by atoms with E-state index in [1.807, 2.05) is 0 Å². The number of benzene rings is 1. The van der Waals surface area contributed by atoms with Crippen LogP contribution >= 0.6 is 27.5 Å². The van der Waals surface area contributed by atoms with Crippen molar-refractivity contribution in [2.45, 2.75) is 57.2 Å². The van der Waals surface area contributed by atoms with E-state index in [0.29, 0.717) is 16.6 Å². The third kappa shape index (κ3) is 2.82. The first-order chi connectivity index (χ1) is 10.0. The number of rotatable bonds is 2. The van der Waals surface area contributed by atoms with E-state index in [-0.39, 0.29) is 22.6 Å². The van der Waals surface area contributed by atoms with E-state index in [9.17, 15) is 9.50 Å². The summed E-state index contributed by atoms with van der Waals surface area (Å²) in [6, 6.07) is 2.84. The van der Waals surface area contributed by atoms with Crippen LogP contribution in [-0.4, -0.2) is 17.3 Å². The number of aliphatic hydroxyl groups excluding tert-OH is 1. The number of hydrogen-bond acceptors (Lipinski definition) is 2. The predicted molar refractivity (Wildman–Crippen MR) is 84.3 cm³/mol. The molecule has 0 saturated heterocycles. The molecule has 116 valence electrons. The molecule has 1 aromatic carbocycles. The highest BCUT2D eigenvalue weighted by Crippen LogP contribution is 2.53. The zero-order chi connectivity index (χ0) is 15.0. The second-order valence-electron chi connectivity index (χ2n) is 6.20. The summed E-state index contributed by atoms with van der Waals surface area (Å²) in [5, 5.41) is 10.4. The Hall–Kier alpha value is -0.320. The first-order valence-electron chi connectivity index (χ1n) is 7.52. The van der Waals surface area contributed by atoms with Gasteiger partial charge in [-0.15, -0.1) is 0 Å². The van der Waals surface area contributed by atoms with Crippen molar-refractivity contribution in [2.24, 2.45) is 5.41 Å². The Balaban J connectivity index is 1.80. The largest absolute Gasteiger partial charge is 0.488 e. The second-order valence-corrected chi connectivity index (χ2v) is 7.46. The molecule has 2 unspecified atom stereocenters. The van der Waals surface area contributed by atoms with Gasteiger partial charge in [-0.05, 0) is 34.8 Å². The summed E-state index contributed by atoms with van der Waals surface area (Å²) >= 11 is 9.12. The van der Waals surface area contributed by atoms with Gasteiger partial charge >= 0.3 is 0 Å². The van der Waals surface area contributed by atoms with Crippen molar-refractivity contribution >= 4 is 27.5 Å². The molecule has 3 rings (SSSR count). The number of halogens is 3.